The van der Waals surface area contributed by atoms with E-state index in [0.29, 0.717) is 19.8 Å². The van der Waals surface area contributed by atoms with Crippen LogP contribution in [0.5, 0.6) is 0 Å². The molecule has 0 amide bonds. The molecule has 2 unspecified atom stereocenters. The van der Waals surface area contributed by atoms with Crippen molar-refractivity contribution in [3.63, 3.8) is 0 Å². The molecule has 1 aromatic heterocycles. The molecule has 1 aliphatic heterocycles. The van der Waals surface area contributed by atoms with Crippen LogP contribution in [0.2, 0.25) is 0 Å². The Morgan fingerprint density at radius 2 is 2.47 bits per heavy atom. The highest BCUT2D eigenvalue weighted by molar-refractivity contribution is 5.07. The molecule has 0 aliphatic carbocycles. The van der Waals surface area contributed by atoms with Gasteiger partial charge in [0.05, 0.1) is 32.1 Å². The van der Waals surface area contributed by atoms with Gasteiger partial charge in [0.1, 0.15) is 11.9 Å². The first-order valence-electron chi connectivity index (χ1n) is 5.38. The van der Waals surface area contributed by atoms with Crippen LogP contribution in [0.1, 0.15) is 18.7 Å². The van der Waals surface area contributed by atoms with Gasteiger partial charge in [-0.3, -0.25) is 0 Å². The van der Waals surface area contributed by atoms with Gasteiger partial charge in [0, 0.05) is 0 Å². The van der Waals surface area contributed by atoms with E-state index >= 15 is 0 Å². The second-order valence-electron chi connectivity index (χ2n) is 3.53. The third-order valence-electron chi connectivity index (χ3n) is 2.49. The molecule has 1 saturated heterocycles. The Balaban J connectivity index is 2.04. The zero-order valence-electron chi connectivity index (χ0n) is 8.94. The summed E-state index contributed by atoms with van der Waals surface area (Å²) in [4.78, 5) is 0. The van der Waals surface area contributed by atoms with Gasteiger partial charge in [-0.25, -0.2) is 0 Å². The van der Waals surface area contributed by atoms with Crippen LogP contribution in [0.4, 0.5) is 0 Å². The summed E-state index contributed by atoms with van der Waals surface area (Å²) >= 11 is 0. The molecule has 4 nitrogen and oxygen atoms in total. The van der Waals surface area contributed by atoms with Gasteiger partial charge in [-0.05, 0) is 18.7 Å². The smallest absolute Gasteiger partial charge is 0.123 e. The van der Waals surface area contributed by atoms with Crippen LogP contribution in [0.3, 0.4) is 0 Å². The predicted molar refractivity (Wildman–Crippen MR) is 55.7 cm³/mol. The van der Waals surface area contributed by atoms with Crippen LogP contribution in [0.15, 0.2) is 22.8 Å². The zero-order chi connectivity index (χ0) is 10.5. The molecule has 15 heavy (non-hydrogen) atoms. The van der Waals surface area contributed by atoms with Gasteiger partial charge in [0.25, 0.3) is 0 Å². The standard InChI is InChI=1S/C11H17NO3/c1-2-12-11(9-4-3-5-14-9)10-8-13-6-7-15-10/h3-5,10-12H,2,6-8H2,1H3. The van der Waals surface area contributed by atoms with Gasteiger partial charge in [-0.2, -0.15) is 0 Å². The van der Waals surface area contributed by atoms with Crippen molar-refractivity contribution in [2.24, 2.45) is 0 Å². The van der Waals surface area contributed by atoms with Crippen molar-refractivity contribution in [3.05, 3.63) is 24.2 Å². The third kappa shape index (κ3) is 2.59. The van der Waals surface area contributed by atoms with Gasteiger partial charge in [0.15, 0.2) is 0 Å². The van der Waals surface area contributed by atoms with E-state index in [9.17, 15) is 0 Å². The maximum Gasteiger partial charge on any atom is 0.123 e. The van der Waals surface area contributed by atoms with Gasteiger partial charge in [0.2, 0.25) is 0 Å². The van der Waals surface area contributed by atoms with E-state index in [4.69, 9.17) is 13.9 Å². The van der Waals surface area contributed by atoms with Crippen LogP contribution >= 0.6 is 0 Å². The summed E-state index contributed by atoms with van der Waals surface area (Å²) in [5.74, 6) is 0.910. The van der Waals surface area contributed by atoms with Gasteiger partial charge in [-0.1, -0.05) is 6.92 Å². The SMILES string of the molecule is CCNC(c1ccco1)C1COCCO1. The summed E-state index contributed by atoms with van der Waals surface area (Å²) in [6.07, 6.45) is 1.73. The highest BCUT2D eigenvalue weighted by atomic mass is 16.6. The second kappa shape index (κ2) is 5.30. The van der Waals surface area contributed by atoms with E-state index in [2.05, 4.69) is 12.2 Å². The number of furan rings is 1. The Labute approximate surface area is 89.6 Å². The fourth-order valence-electron chi connectivity index (χ4n) is 1.80. The molecule has 1 fully saturated rings. The average molecular weight is 211 g/mol. The Morgan fingerprint density at radius 1 is 1.53 bits per heavy atom. The van der Waals surface area contributed by atoms with Crippen LogP contribution in [0, 0.1) is 0 Å². The van der Waals surface area contributed by atoms with Crippen LogP contribution < -0.4 is 5.32 Å². The lowest BCUT2D eigenvalue weighted by atomic mass is 10.1. The molecule has 1 N–H and O–H groups in total. The lowest BCUT2D eigenvalue weighted by molar-refractivity contribution is -0.104. The van der Waals surface area contributed by atoms with Crippen molar-refractivity contribution >= 4 is 0 Å². The summed E-state index contributed by atoms with van der Waals surface area (Å²) in [5, 5.41) is 3.36. The van der Waals surface area contributed by atoms with Crippen molar-refractivity contribution in [3.8, 4) is 0 Å². The summed E-state index contributed by atoms with van der Waals surface area (Å²) in [6, 6.07) is 3.94. The molecule has 1 aliphatic rings. The quantitative estimate of drug-likeness (QED) is 0.816. The van der Waals surface area contributed by atoms with Gasteiger partial charge in [-0.15, -0.1) is 0 Å². The first-order valence-corrected chi connectivity index (χ1v) is 5.38. The minimum Gasteiger partial charge on any atom is -0.468 e. The monoisotopic (exact) mass is 211 g/mol. The maximum atomic E-state index is 5.67. The molecule has 4 heteroatoms. The molecular formula is C11H17NO3. The molecule has 1 aromatic rings. The minimum atomic E-state index is 0.0462. The predicted octanol–water partition coefficient (Wildman–Crippen LogP) is 1.35. The molecule has 0 aromatic carbocycles. The van der Waals surface area contributed by atoms with Crippen molar-refractivity contribution in [1.29, 1.82) is 0 Å². The molecule has 2 heterocycles. The van der Waals surface area contributed by atoms with Gasteiger partial charge >= 0.3 is 0 Å². The molecule has 2 atom stereocenters. The van der Waals surface area contributed by atoms with Gasteiger partial charge < -0.3 is 19.2 Å². The number of hydrogen-bond acceptors (Lipinski definition) is 4. The number of rotatable bonds is 4. The van der Waals surface area contributed by atoms with E-state index < -0.39 is 0 Å². The molecule has 0 radical (unpaired) electrons. The highest BCUT2D eigenvalue weighted by Crippen LogP contribution is 2.21. The summed E-state index contributed by atoms with van der Waals surface area (Å²) in [5.41, 5.74) is 0. The molecular weight excluding hydrogens is 194 g/mol. The molecule has 0 saturated carbocycles. The Kier molecular flexibility index (Phi) is 3.77. The van der Waals surface area contributed by atoms with Crippen molar-refractivity contribution in [1.82, 2.24) is 5.32 Å². The fourth-order valence-corrected chi connectivity index (χ4v) is 1.80. The van der Waals surface area contributed by atoms with Crippen LogP contribution in [-0.4, -0.2) is 32.5 Å². The molecule has 2 rings (SSSR count). The van der Waals surface area contributed by atoms with E-state index in [1.807, 2.05) is 12.1 Å². The third-order valence-corrected chi connectivity index (χ3v) is 2.49. The van der Waals surface area contributed by atoms with E-state index in [1.54, 1.807) is 6.26 Å². The minimum absolute atomic E-state index is 0.0462. The number of nitrogens with one attached hydrogen (secondary N) is 1. The topological polar surface area (TPSA) is 43.6 Å². The molecule has 0 bridgehead atoms. The Hall–Kier alpha value is -0.840. The Morgan fingerprint density at radius 3 is 3.07 bits per heavy atom. The van der Waals surface area contributed by atoms with Crippen molar-refractivity contribution < 1.29 is 13.9 Å². The van der Waals surface area contributed by atoms with Crippen molar-refractivity contribution in [2.45, 2.75) is 19.1 Å². The number of hydrogen-bond donors (Lipinski definition) is 1. The van der Waals surface area contributed by atoms with E-state index in [-0.39, 0.29) is 12.1 Å². The lowest BCUT2D eigenvalue weighted by Gasteiger charge is -2.29. The fraction of sp³-hybridized carbons (Fsp3) is 0.636. The second-order valence-corrected chi connectivity index (χ2v) is 3.53. The first kappa shape index (κ1) is 10.7. The first-order chi connectivity index (χ1) is 7.42. The maximum absolute atomic E-state index is 5.67. The summed E-state index contributed by atoms with van der Waals surface area (Å²) < 4.78 is 16.5. The van der Waals surface area contributed by atoms with E-state index in [1.165, 1.54) is 0 Å². The largest absolute Gasteiger partial charge is 0.468 e. The zero-order valence-corrected chi connectivity index (χ0v) is 8.94. The highest BCUT2D eigenvalue weighted by Gasteiger charge is 2.27. The van der Waals surface area contributed by atoms with Crippen LogP contribution in [0.25, 0.3) is 0 Å². The Bertz CT molecular complexity index is 267. The van der Waals surface area contributed by atoms with E-state index in [0.717, 1.165) is 12.3 Å². The van der Waals surface area contributed by atoms with Crippen LogP contribution in [-0.2, 0) is 9.47 Å². The molecule has 84 valence electrons. The summed E-state index contributed by atoms with van der Waals surface area (Å²) in [6.45, 7) is 4.92. The average Bonchev–Trinajstić information content (AvgIpc) is 2.80. The normalized spacial score (nSPS) is 23.9. The number of likely N-dealkylation sites (N-methyl/N-ethyl adjacent to an activating group) is 1. The lowest BCUT2D eigenvalue weighted by Crippen LogP contribution is -2.40. The number of ether oxygens (including phenoxy) is 2. The van der Waals surface area contributed by atoms with Crippen molar-refractivity contribution in [2.75, 3.05) is 26.4 Å². The summed E-state index contributed by atoms with van der Waals surface area (Å²) in [7, 11) is 0. The molecule has 0 spiro atoms.